The van der Waals surface area contributed by atoms with Gasteiger partial charge >= 0.3 is 0 Å². The molecule has 0 saturated heterocycles. The van der Waals surface area contributed by atoms with Crippen molar-refractivity contribution in [1.82, 2.24) is 4.98 Å². The molecule has 4 heteroatoms. The molecule has 1 aliphatic carbocycles. The SMILES string of the molecule is COc1cccc(C(=O)c2csc(C3=CCCC=C3)n2)c1. The summed E-state index contributed by atoms with van der Waals surface area (Å²) >= 11 is 1.51. The largest absolute Gasteiger partial charge is 0.497 e. The molecule has 3 rings (SSSR count). The topological polar surface area (TPSA) is 39.2 Å². The highest BCUT2D eigenvalue weighted by atomic mass is 32.1. The predicted molar refractivity (Wildman–Crippen MR) is 84.9 cm³/mol. The highest BCUT2D eigenvalue weighted by Gasteiger charge is 2.15. The fourth-order valence-corrected chi connectivity index (χ4v) is 3.02. The molecule has 1 aliphatic rings. The van der Waals surface area contributed by atoms with Gasteiger partial charge in [0.15, 0.2) is 0 Å². The van der Waals surface area contributed by atoms with Crippen molar-refractivity contribution in [3.05, 3.63) is 64.1 Å². The van der Waals surface area contributed by atoms with Gasteiger partial charge in [-0.3, -0.25) is 4.79 Å². The maximum absolute atomic E-state index is 12.5. The number of aromatic nitrogens is 1. The summed E-state index contributed by atoms with van der Waals surface area (Å²) in [6.07, 6.45) is 8.48. The number of rotatable bonds is 4. The lowest BCUT2D eigenvalue weighted by Gasteiger charge is -2.03. The summed E-state index contributed by atoms with van der Waals surface area (Å²) in [5.41, 5.74) is 2.19. The number of allylic oxidation sites excluding steroid dienone is 4. The molecule has 2 aromatic rings. The molecule has 0 aliphatic heterocycles. The fraction of sp³-hybridized carbons (Fsp3) is 0.176. The Balaban J connectivity index is 1.87. The minimum absolute atomic E-state index is 0.0724. The van der Waals surface area contributed by atoms with E-state index in [1.165, 1.54) is 11.3 Å². The molecule has 1 heterocycles. The third kappa shape index (κ3) is 2.95. The first kappa shape index (κ1) is 13.8. The lowest BCUT2D eigenvalue weighted by atomic mass is 10.1. The van der Waals surface area contributed by atoms with Crippen molar-refractivity contribution in [3.8, 4) is 5.75 Å². The quantitative estimate of drug-likeness (QED) is 0.797. The second kappa shape index (κ2) is 6.06. The fourth-order valence-electron chi connectivity index (χ4n) is 2.19. The molecule has 0 N–H and O–H groups in total. The molecule has 21 heavy (non-hydrogen) atoms. The van der Waals surface area contributed by atoms with Gasteiger partial charge in [-0.2, -0.15) is 0 Å². The Morgan fingerprint density at radius 3 is 3.00 bits per heavy atom. The molecule has 3 nitrogen and oxygen atoms in total. The first-order chi connectivity index (χ1) is 10.3. The standard InChI is InChI=1S/C17H15NO2S/c1-20-14-9-5-8-13(10-14)16(19)15-11-21-17(18-15)12-6-3-2-4-7-12/h3,5-11H,2,4H2,1H3. The third-order valence-electron chi connectivity index (χ3n) is 3.31. The van der Waals surface area contributed by atoms with E-state index in [1.54, 1.807) is 19.2 Å². The number of carbonyl (C=O) groups is 1. The molecule has 0 spiro atoms. The van der Waals surface area contributed by atoms with Gasteiger partial charge < -0.3 is 4.74 Å². The Labute approximate surface area is 127 Å². The Bertz CT molecular complexity index is 728. The van der Waals surface area contributed by atoms with E-state index in [4.69, 9.17) is 4.74 Å². The van der Waals surface area contributed by atoms with Crippen molar-refractivity contribution in [3.63, 3.8) is 0 Å². The normalized spacial score (nSPS) is 13.9. The third-order valence-corrected chi connectivity index (χ3v) is 4.20. The number of nitrogens with zero attached hydrogens (tertiary/aromatic N) is 1. The summed E-state index contributed by atoms with van der Waals surface area (Å²) in [6, 6.07) is 7.15. The van der Waals surface area contributed by atoms with Crippen molar-refractivity contribution in [2.75, 3.05) is 7.11 Å². The number of ether oxygens (including phenoxy) is 1. The van der Waals surface area contributed by atoms with E-state index in [1.807, 2.05) is 17.5 Å². The maximum atomic E-state index is 12.5. The Hall–Kier alpha value is -2.20. The van der Waals surface area contributed by atoms with Crippen LogP contribution >= 0.6 is 11.3 Å². The van der Waals surface area contributed by atoms with Crippen LogP contribution in [0.15, 0.2) is 47.9 Å². The van der Waals surface area contributed by atoms with Gasteiger partial charge in [-0.05, 0) is 25.0 Å². The van der Waals surface area contributed by atoms with Crippen LogP contribution in [0.3, 0.4) is 0 Å². The average Bonchev–Trinajstić information content (AvgIpc) is 3.05. The number of ketones is 1. The number of benzene rings is 1. The van der Waals surface area contributed by atoms with Crippen molar-refractivity contribution >= 4 is 22.7 Å². The monoisotopic (exact) mass is 297 g/mol. The molecule has 1 aromatic heterocycles. The smallest absolute Gasteiger partial charge is 0.212 e. The van der Waals surface area contributed by atoms with Crippen molar-refractivity contribution in [2.24, 2.45) is 0 Å². The van der Waals surface area contributed by atoms with Crippen LogP contribution in [-0.2, 0) is 0 Å². The lowest BCUT2D eigenvalue weighted by Crippen LogP contribution is -2.02. The van der Waals surface area contributed by atoms with Gasteiger partial charge in [0, 0.05) is 16.5 Å². The zero-order chi connectivity index (χ0) is 14.7. The number of methoxy groups -OCH3 is 1. The van der Waals surface area contributed by atoms with Gasteiger partial charge in [-0.1, -0.05) is 30.4 Å². The second-order valence-electron chi connectivity index (χ2n) is 4.74. The van der Waals surface area contributed by atoms with Gasteiger partial charge in [0.25, 0.3) is 0 Å². The summed E-state index contributed by atoms with van der Waals surface area (Å²) in [6.45, 7) is 0. The molecule has 0 unspecified atom stereocenters. The molecule has 0 radical (unpaired) electrons. The van der Waals surface area contributed by atoms with E-state index < -0.39 is 0 Å². The van der Waals surface area contributed by atoms with E-state index in [0.29, 0.717) is 17.0 Å². The van der Waals surface area contributed by atoms with Crippen LogP contribution in [0.5, 0.6) is 5.75 Å². The van der Waals surface area contributed by atoms with Crippen LogP contribution in [0.2, 0.25) is 0 Å². The molecule has 106 valence electrons. The molecular formula is C17H15NO2S. The van der Waals surface area contributed by atoms with Crippen LogP contribution in [0.1, 0.15) is 33.9 Å². The average molecular weight is 297 g/mol. The van der Waals surface area contributed by atoms with Gasteiger partial charge in [0.1, 0.15) is 16.5 Å². The summed E-state index contributed by atoms with van der Waals surface area (Å²) in [7, 11) is 1.59. The Kier molecular flexibility index (Phi) is 3.97. The van der Waals surface area contributed by atoms with Gasteiger partial charge in [-0.15, -0.1) is 11.3 Å². The lowest BCUT2D eigenvalue weighted by molar-refractivity contribution is 0.103. The number of carbonyl (C=O) groups excluding carboxylic acids is 1. The molecule has 0 saturated carbocycles. The minimum atomic E-state index is -0.0724. The Morgan fingerprint density at radius 1 is 1.33 bits per heavy atom. The van der Waals surface area contributed by atoms with Crippen molar-refractivity contribution in [1.29, 1.82) is 0 Å². The molecule has 1 aromatic carbocycles. The molecule has 0 amide bonds. The van der Waals surface area contributed by atoms with Crippen LogP contribution in [-0.4, -0.2) is 17.9 Å². The number of thiazole rings is 1. The van der Waals surface area contributed by atoms with Crippen LogP contribution in [0.4, 0.5) is 0 Å². The van der Waals surface area contributed by atoms with Crippen LogP contribution < -0.4 is 4.74 Å². The van der Waals surface area contributed by atoms with Crippen molar-refractivity contribution < 1.29 is 9.53 Å². The van der Waals surface area contributed by atoms with E-state index >= 15 is 0 Å². The molecule has 0 atom stereocenters. The molecular weight excluding hydrogens is 282 g/mol. The van der Waals surface area contributed by atoms with Gasteiger partial charge in [0.2, 0.25) is 5.78 Å². The zero-order valence-electron chi connectivity index (χ0n) is 11.7. The van der Waals surface area contributed by atoms with E-state index in [-0.39, 0.29) is 5.78 Å². The molecule has 0 fully saturated rings. The summed E-state index contributed by atoms with van der Waals surface area (Å²) in [5, 5.41) is 2.72. The van der Waals surface area contributed by atoms with E-state index in [2.05, 4.69) is 23.2 Å². The van der Waals surface area contributed by atoms with Gasteiger partial charge in [-0.25, -0.2) is 4.98 Å². The summed E-state index contributed by atoms with van der Waals surface area (Å²) in [4.78, 5) is 16.9. The van der Waals surface area contributed by atoms with Crippen LogP contribution in [0.25, 0.3) is 5.57 Å². The van der Waals surface area contributed by atoms with Crippen LogP contribution in [0, 0.1) is 0 Å². The van der Waals surface area contributed by atoms with E-state index in [9.17, 15) is 4.79 Å². The first-order valence-electron chi connectivity index (χ1n) is 6.79. The first-order valence-corrected chi connectivity index (χ1v) is 7.67. The highest BCUT2D eigenvalue weighted by molar-refractivity contribution is 7.11. The summed E-state index contributed by atoms with van der Waals surface area (Å²) < 4.78 is 5.15. The number of hydrogen-bond acceptors (Lipinski definition) is 4. The highest BCUT2D eigenvalue weighted by Crippen LogP contribution is 2.25. The zero-order valence-corrected chi connectivity index (χ0v) is 12.5. The maximum Gasteiger partial charge on any atom is 0.212 e. The molecule has 0 bridgehead atoms. The van der Waals surface area contributed by atoms with Crippen molar-refractivity contribution in [2.45, 2.75) is 12.8 Å². The Morgan fingerprint density at radius 2 is 2.24 bits per heavy atom. The number of hydrogen-bond donors (Lipinski definition) is 0. The predicted octanol–water partition coefficient (Wildman–Crippen LogP) is 4.12. The van der Waals surface area contributed by atoms with Gasteiger partial charge in [0.05, 0.1) is 7.11 Å². The van der Waals surface area contributed by atoms with E-state index in [0.717, 1.165) is 23.4 Å². The minimum Gasteiger partial charge on any atom is -0.497 e. The summed E-state index contributed by atoms with van der Waals surface area (Å²) in [5.74, 6) is 0.603. The second-order valence-corrected chi connectivity index (χ2v) is 5.60.